The number of rotatable bonds is 2. The highest BCUT2D eigenvalue weighted by molar-refractivity contribution is 6.31. The van der Waals surface area contributed by atoms with Crippen LogP contribution >= 0.6 is 11.6 Å². The van der Waals surface area contributed by atoms with Crippen LogP contribution in [0.1, 0.15) is 16.8 Å². The molecule has 2 aromatic carbocycles. The standard InChI is InChI=1S/C18H17ClN2O2/c19-15-7-4-6-14(12-15)18(23)20-10-5-11-21(17(22)13-20)16-8-2-1-3-9-16/h1-4,6-9,12H,5,10-11,13H2. The van der Waals surface area contributed by atoms with Crippen LogP contribution in [-0.2, 0) is 4.79 Å². The molecule has 1 aliphatic heterocycles. The summed E-state index contributed by atoms with van der Waals surface area (Å²) in [6.45, 7) is 1.25. The molecule has 118 valence electrons. The van der Waals surface area contributed by atoms with Gasteiger partial charge in [0.25, 0.3) is 5.91 Å². The minimum Gasteiger partial charge on any atom is -0.329 e. The molecule has 1 fully saturated rings. The van der Waals surface area contributed by atoms with Crippen molar-refractivity contribution in [3.63, 3.8) is 0 Å². The third-order valence-corrected chi connectivity index (χ3v) is 4.10. The summed E-state index contributed by atoms with van der Waals surface area (Å²) in [6.07, 6.45) is 0.743. The first-order chi connectivity index (χ1) is 11.1. The Bertz CT molecular complexity index is 718. The molecule has 0 aromatic heterocycles. The van der Waals surface area contributed by atoms with Crippen LogP contribution in [0.25, 0.3) is 0 Å². The van der Waals surface area contributed by atoms with Crippen molar-refractivity contribution in [1.82, 2.24) is 4.90 Å². The summed E-state index contributed by atoms with van der Waals surface area (Å²) in [6, 6.07) is 16.4. The molecule has 1 aliphatic rings. The minimum absolute atomic E-state index is 0.0657. The van der Waals surface area contributed by atoms with Crippen molar-refractivity contribution in [2.75, 3.05) is 24.5 Å². The SMILES string of the molecule is O=C(c1cccc(Cl)c1)N1CCCN(c2ccccc2)C(=O)C1. The maximum Gasteiger partial charge on any atom is 0.254 e. The molecule has 0 spiro atoms. The molecular formula is C18H17ClN2O2. The highest BCUT2D eigenvalue weighted by atomic mass is 35.5. The molecule has 0 bridgehead atoms. The zero-order valence-corrected chi connectivity index (χ0v) is 13.4. The maximum absolute atomic E-state index is 12.6. The fourth-order valence-electron chi connectivity index (χ4n) is 2.73. The van der Waals surface area contributed by atoms with E-state index in [1.807, 2.05) is 30.3 Å². The van der Waals surface area contributed by atoms with Gasteiger partial charge in [-0.25, -0.2) is 0 Å². The molecule has 23 heavy (non-hydrogen) atoms. The van der Waals surface area contributed by atoms with E-state index in [4.69, 9.17) is 11.6 Å². The molecule has 1 heterocycles. The molecule has 0 N–H and O–H groups in total. The molecule has 3 rings (SSSR count). The lowest BCUT2D eigenvalue weighted by atomic mass is 10.2. The van der Waals surface area contributed by atoms with E-state index in [1.165, 1.54) is 0 Å². The molecule has 1 saturated heterocycles. The fraction of sp³-hybridized carbons (Fsp3) is 0.222. The first-order valence-corrected chi connectivity index (χ1v) is 7.93. The number of amides is 2. The van der Waals surface area contributed by atoms with E-state index in [1.54, 1.807) is 34.1 Å². The number of carbonyl (C=O) groups excluding carboxylic acids is 2. The normalized spacial score (nSPS) is 15.4. The largest absolute Gasteiger partial charge is 0.329 e. The molecule has 0 radical (unpaired) electrons. The molecule has 5 heteroatoms. The second-order valence-corrected chi connectivity index (χ2v) is 5.91. The van der Waals surface area contributed by atoms with Crippen molar-refractivity contribution in [3.05, 3.63) is 65.2 Å². The third-order valence-electron chi connectivity index (χ3n) is 3.86. The summed E-state index contributed by atoms with van der Waals surface area (Å²) in [5, 5.41) is 0.517. The Kier molecular flexibility index (Phi) is 4.63. The molecular weight excluding hydrogens is 312 g/mol. The summed E-state index contributed by atoms with van der Waals surface area (Å²) < 4.78 is 0. The van der Waals surface area contributed by atoms with Crippen molar-refractivity contribution in [1.29, 1.82) is 0 Å². The lowest BCUT2D eigenvalue weighted by Crippen LogP contribution is -2.39. The van der Waals surface area contributed by atoms with Crippen molar-refractivity contribution in [2.24, 2.45) is 0 Å². The molecule has 2 amide bonds. The van der Waals surface area contributed by atoms with Gasteiger partial charge in [0, 0.05) is 29.4 Å². The van der Waals surface area contributed by atoms with Gasteiger partial charge in [0.1, 0.15) is 6.54 Å². The summed E-state index contributed by atoms with van der Waals surface area (Å²) in [4.78, 5) is 28.5. The zero-order chi connectivity index (χ0) is 16.2. The van der Waals surface area contributed by atoms with E-state index in [-0.39, 0.29) is 18.4 Å². The molecule has 4 nitrogen and oxygen atoms in total. The van der Waals surface area contributed by atoms with Gasteiger partial charge in [-0.2, -0.15) is 0 Å². The second-order valence-electron chi connectivity index (χ2n) is 5.47. The number of hydrogen-bond donors (Lipinski definition) is 0. The van der Waals surface area contributed by atoms with E-state index < -0.39 is 0 Å². The van der Waals surface area contributed by atoms with Gasteiger partial charge in [0.2, 0.25) is 5.91 Å². The number of benzene rings is 2. The molecule has 0 atom stereocenters. The quantitative estimate of drug-likeness (QED) is 0.849. The van der Waals surface area contributed by atoms with Crippen LogP contribution in [0.4, 0.5) is 5.69 Å². The average molecular weight is 329 g/mol. The van der Waals surface area contributed by atoms with Gasteiger partial charge in [0.05, 0.1) is 0 Å². The Morgan fingerprint density at radius 1 is 1.00 bits per heavy atom. The van der Waals surface area contributed by atoms with Crippen LogP contribution in [0.2, 0.25) is 5.02 Å². The van der Waals surface area contributed by atoms with Gasteiger partial charge in [-0.3, -0.25) is 9.59 Å². The summed E-state index contributed by atoms with van der Waals surface area (Å²) in [5.41, 5.74) is 1.38. The van der Waals surface area contributed by atoms with E-state index in [0.717, 1.165) is 12.1 Å². The smallest absolute Gasteiger partial charge is 0.254 e. The van der Waals surface area contributed by atoms with E-state index in [0.29, 0.717) is 23.7 Å². The van der Waals surface area contributed by atoms with Crippen molar-refractivity contribution in [2.45, 2.75) is 6.42 Å². The Morgan fingerprint density at radius 3 is 2.52 bits per heavy atom. The maximum atomic E-state index is 12.6. The molecule has 2 aromatic rings. The predicted molar refractivity (Wildman–Crippen MR) is 90.8 cm³/mol. The number of para-hydroxylation sites is 1. The topological polar surface area (TPSA) is 40.6 Å². The van der Waals surface area contributed by atoms with E-state index in [2.05, 4.69) is 0 Å². The Hall–Kier alpha value is -2.33. The zero-order valence-electron chi connectivity index (χ0n) is 12.6. The van der Waals surface area contributed by atoms with Crippen LogP contribution in [-0.4, -0.2) is 36.3 Å². The first-order valence-electron chi connectivity index (χ1n) is 7.55. The summed E-state index contributed by atoms with van der Waals surface area (Å²) >= 11 is 5.95. The summed E-state index contributed by atoms with van der Waals surface area (Å²) in [7, 11) is 0. The second kappa shape index (κ2) is 6.84. The van der Waals surface area contributed by atoms with Crippen molar-refractivity contribution in [3.8, 4) is 0 Å². The number of anilines is 1. The minimum atomic E-state index is -0.157. The van der Waals surface area contributed by atoms with E-state index in [9.17, 15) is 9.59 Å². The predicted octanol–water partition coefficient (Wildman–Crippen LogP) is 3.22. The van der Waals surface area contributed by atoms with E-state index >= 15 is 0 Å². The van der Waals surface area contributed by atoms with Crippen LogP contribution in [0.5, 0.6) is 0 Å². The molecule has 0 unspecified atom stereocenters. The summed E-state index contributed by atoms with van der Waals surface area (Å²) in [5.74, 6) is -0.222. The number of carbonyl (C=O) groups is 2. The van der Waals surface area contributed by atoms with Crippen LogP contribution < -0.4 is 4.90 Å². The van der Waals surface area contributed by atoms with Gasteiger partial charge in [-0.1, -0.05) is 35.9 Å². The van der Waals surface area contributed by atoms with Gasteiger partial charge in [-0.15, -0.1) is 0 Å². The lowest BCUT2D eigenvalue weighted by molar-refractivity contribution is -0.118. The van der Waals surface area contributed by atoms with Gasteiger partial charge in [0.15, 0.2) is 0 Å². The monoisotopic (exact) mass is 328 g/mol. The average Bonchev–Trinajstić information content (AvgIpc) is 2.76. The van der Waals surface area contributed by atoms with Crippen LogP contribution in [0.3, 0.4) is 0 Å². The highest BCUT2D eigenvalue weighted by Crippen LogP contribution is 2.18. The van der Waals surface area contributed by atoms with Crippen molar-refractivity contribution < 1.29 is 9.59 Å². The number of hydrogen-bond acceptors (Lipinski definition) is 2. The molecule has 0 aliphatic carbocycles. The Labute approximate surface area is 140 Å². The molecule has 0 saturated carbocycles. The van der Waals surface area contributed by atoms with Gasteiger partial charge >= 0.3 is 0 Å². The Balaban J connectivity index is 1.77. The van der Waals surface area contributed by atoms with Crippen LogP contribution in [0, 0.1) is 0 Å². The highest BCUT2D eigenvalue weighted by Gasteiger charge is 2.26. The number of halogens is 1. The fourth-order valence-corrected chi connectivity index (χ4v) is 2.92. The third kappa shape index (κ3) is 3.54. The van der Waals surface area contributed by atoms with Gasteiger partial charge in [-0.05, 0) is 36.8 Å². The first kappa shape index (κ1) is 15.6. The lowest BCUT2D eigenvalue weighted by Gasteiger charge is -2.22. The van der Waals surface area contributed by atoms with Crippen molar-refractivity contribution >= 4 is 29.1 Å². The number of nitrogens with zero attached hydrogens (tertiary/aromatic N) is 2. The Morgan fingerprint density at radius 2 is 1.78 bits per heavy atom. The van der Waals surface area contributed by atoms with Crippen LogP contribution in [0.15, 0.2) is 54.6 Å². The van der Waals surface area contributed by atoms with Gasteiger partial charge < -0.3 is 9.80 Å².